The highest BCUT2D eigenvalue weighted by molar-refractivity contribution is 5.97. The first-order valence-electron chi connectivity index (χ1n) is 7.15. The van der Waals surface area contributed by atoms with Gasteiger partial charge in [0.1, 0.15) is 0 Å². The summed E-state index contributed by atoms with van der Waals surface area (Å²) in [5.41, 5.74) is 5.02. The van der Waals surface area contributed by atoms with E-state index in [2.05, 4.69) is 5.32 Å². The van der Waals surface area contributed by atoms with Crippen LogP contribution in [0, 0.1) is 17.8 Å². The van der Waals surface area contributed by atoms with Crippen molar-refractivity contribution in [3.63, 3.8) is 0 Å². The minimum atomic E-state index is -4.43. The van der Waals surface area contributed by atoms with E-state index in [0.717, 1.165) is 37.8 Å². The van der Waals surface area contributed by atoms with Crippen LogP contribution in [0.4, 0.5) is 24.5 Å². The summed E-state index contributed by atoms with van der Waals surface area (Å²) in [6, 6.07) is 3.02. The van der Waals surface area contributed by atoms with Gasteiger partial charge in [0.05, 0.1) is 16.9 Å². The Morgan fingerprint density at radius 3 is 2.33 bits per heavy atom. The molecule has 1 amide bonds. The average Bonchev–Trinajstić information content (AvgIpc) is 3.14. The zero-order chi connectivity index (χ0) is 15.2. The number of hydrogen-bond donors (Lipinski definition) is 2. The van der Waals surface area contributed by atoms with Crippen molar-refractivity contribution in [1.82, 2.24) is 0 Å². The van der Waals surface area contributed by atoms with Crippen LogP contribution in [0.15, 0.2) is 18.2 Å². The fraction of sp³-hybridized carbons (Fsp3) is 0.533. The SMILES string of the molecule is Nc1cc(C(F)(F)F)ccc1NC(=O)C1C2CCCCC21. The molecule has 0 bridgehead atoms. The van der Waals surface area contributed by atoms with Crippen molar-refractivity contribution in [3.8, 4) is 0 Å². The third-order valence-corrected chi connectivity index (χ3v) is 4.60. The largest absolute Gasteiger partial charge is 0.416 e. The Bertz CT molecular complexity index is 559. The summed E-state index contributed by atoms with van der Waals surface area (Å²) < 4.78 is 37.7. The first-order valence-corrected chi connectivity index (χ1v) is 7.15. The second-order valence-electron chi connectivity index (χ2n) is 5.93. The van der Waals surface area contributed by atoms with E-state index in [4.69, 9.17) is 5.73 Å². The molecule has 3 nitrogen and oxygen atoms in total. The van der Waals surface area contributed by atoms with Crippen LogP contribution >= 0.6 is 0 Å². The van der Waals surface area contributed by atoms with Gasteiger partial charge in [-0.2, -0.15) is 13.2 Å². The molecule has 1 aromatic rings. The number of halogens is 3. The maximum absolute atomic E-state index is 12.6. The number of hydrogen-bond acceptors (Lipinski definition) is 2. The van der Waals surface area contributed by atoms with E-state index in [1.807, 2.05) is 0 Å². The van der Waals surface area contributed by atoms with Gasteiger partial charge in [0, 0.05) is 5.92 Å². The molecule has 3 rings (SSSR count). The van der Waals surface area contributed by atoms with E-state index < -0.39 is 11.7 Å². The first kappa shape index (κ1) is 14.2. The monoisotopic (exact) mass is 298 g/mol. The zero-order valence-electron chi connectivity index (χ0n) is 11.4. The predicted molar refractivity (Wildman–Crippen MR) is 73.4 cm³/mol. The molecule has 2 saturated carbocycles. The van der Waals surface area contributed by atoms with Gasteiger partial charge in [-0.05, 0) is 42.9 Å². The van der Waals surface area contributed by atoms with Crippen LogP contribution < -0.4 is 11.1 Å². The highest BCUT2D eigenvalue weighted by Crippen LogP contribution is 2.55. The maximum Gasteiger partial charge on any atom is 0.416 e. The maximum atomic E-state index is 12.6. The van der Waals surface area contributed by atoms with Gasteiger partial charge in [-0.3, -0.25) is 4.79 Å². The Balaban J connectivity index is 1.69. The number of carbonyl (C=O) groups excluding carboxylic acids is 1. The van der Waals surface area contributed by atoms with Gasteiger partial charge in [-0.15, -0.1) is 0 Å². The molecule has 0 aliphatic heterocycles. The van der Waals surface area contributed by atoms with Gasteiger partial charge >= 0.3 is 6.18 Å². The topological polar surface area (TPSA) is 55.1 Å². The molecule has 2 unspecified atom stereocenters. The van der Waals surface area contributed by atoms with Crippen LogP contribution in [0.5, 0.6) is 0 Å². The number of carbonyl (C=O) groups is 1. The number of benzene rings is 1. The number of rotatable bonds is 2. The third kappa shape index (κ3) is 2.71. The molecule has 0 heterocycles. The molecule has 21 heavy (non-hydrogen) atoms. The van der Waals surface area contributed by atoms with Gasteiger partial charge in [0.15, 0.2) is 0 Å². The lowest BCUT2D eigenvalue weighted by molar-refractivity contribution is -0.137. The van der Waals surface area contributed by atoms with E-state index in [9.17, 15) is 18.0 Å². The summed E-state index contributed by atoms with van der Waals surface area (Å²) in [5.74, 6) is 0.802. The second kappa shape index (κ2) is 4.93. The van der Waals surface area contributed by atoms with Crippen LogP contribution in [0.25, 0.3) is 0 Å². The average molecular weight is 298 g/mol. The second-order valence-corrected chi connectivity index (χ2v) is 5.93. The fourth-order valence-corrected chi connectivity index (χ4v) is 3.45. The fourth-order valence-electron chi connectivity index (χ4n) is 3.45. The van der Waals surface area contributed by atoms with Crippen LogP contribution in [-0.4, -0.2) is 5.91 Å². The number of fused-ring (bicyclic) bond motifs is 1. The van der Waals surface area contributed by atoms with Crippen molar-refractivity contribution in [2.75, 3.05) is 11.1 Å². The molecular weight excluding hydrogens is 281 g/mol. The van der Waals surface area contributed by atoms with Crippen LogP contribution in [0.3, 0.4) is 0 Å². The van der Waals surface area contributed by atoms with Gasteiger partial charge < -0.3 is 11.1 Å². The quantitative estimate of drug-likeness (QED) is 0.819. The van der Waals surface area contributed by atoms with Crippen LogP contribution in [0.1, 0.15) is 31.2 Å². The summed E-state index contributed by atoms with van der Waals surface area (Å²) >= 11 is 0. The van der Waals surface area contributed by atoms with E-state index in [-0.39, 0.29) is 23.2 Å². The van der Waals surface area contributed by atoms with Crippen molar-refractivity contribution >= 4 is 17.3 Å². The van der Waals surface area contributed by atoms with Gasteiger partial charge in [-0.1, -0.05) is 12.8 Å². The highest BCUT2D eigenvalue weighted by atomic mass is 19.4. The van der Waals surface area contributed by atoms with Gasteiger partial charge in [0.2, 0.25) is 5.91 Å². The van der Waals surface area contributed by atoms with Crippen LogP contribution in [0.2, 0.25) is 0 Å². The molecule has 0 aromatic heterocycles. The summed E-state index contributed by atoms with van der Waals surface area (Å²) in [5, 5.41) is 2.68. The summed E-state index contributed by atoms with van der Waals surface area (Å²) in [7, 11) is 0. The number of anilines is 2. The number of nitrogens with two attached hydrogens (primary N) is 1. The van der Waals surface area contributed by atoms with Gasteiger partial charge in [-0.25, -0.2) is 0 Å². The molecule has 0 radical (unpaired) electrons. The minimum Gasteiger partial charge on any atom is -0.397 e. The Hall–Kier alpha value is -1.72. The molecular formula is C15H17F3N2O. The van der Waals surface area contributed by atoms with Crippen molar-refractivity contribution in [2.45, 2.75) is 31.9 Å². The molecule has 2 aliphatic carbocycles. The molecule has 3 N–H and O–H groups in total. The van der Waals surface area contributed by atoms with E-state index in [0.29, 0.717) is 11.8 Å². The smallest absolute Gasteiger partial charge is 0.397 e. The number of nitrogens with one attached hydrogen (secondary N) is 1. The lowest BCUT2D eigenvalue weighted by Gasteiger charge is -2.12. The van der Waals surface area contributed by atoms with Crippen molar-refractivity contribution in [3.05, 3.63) is 23.8 Å². The number of nitrogen functional groups attached to an aromatic ring is 1. The molecule has 0 spiro atoms. The minimum absolute atomic E-state index is 0.00851. The Labute approximate surface area is 120 Å². The predicted octanol–water partition coefficient (Wildman–Crippen LogP) is 3.66. The number of amides is 1. The van der Waals surface area contributed by atoms with Crippen molar-refractivity contribution in [2.24, 2.45) is 17.8 Å². The zero-order valence-corrected chi connectivity index (χ0v) is 11.4. The Morgan fingerprint density at radius 1 is 1.19 bits per heavy atom. The Kier molecular flexibility index (Phi) is 3.34. The van der Waals surface area contributed by atoms with Crippen molar-refractivity contribution in [1.29, 1.82) is 0 Å². The van der Waals surface area contributed by atoms with Gasteiger partial charge in [0.25, 0.3) is 0 Å². The standard InChI is InChI=1S/C15H17F3N2O/c16-15(17,18)8-5-6-12(11(19)7-8)20-14(21)13-9-3-1-2-4-10(9)13/h5-7,9-10,13H,1-4,19H2,(H,20,21). The summed E-state index contributed by atoms with van der Waals surface area (Å²) in [6.45, 7) is 0. The molecule has 2 atom stereocenters. The lowest BCUT2D eigenvalue weighted by atomic mass is 10.0. The van der Waals surface area contributed by atoms with E-state index >= 15 is 0 Å². The van der Waals surface area contributed by atoms with Crippen LogP contribution in [-0.2, 0) is 11.0 Å². The number of alkyl halides is 3. The first-order chi connectivity index (χ1) is 9.88. The van der Waals surface area contributed by atoms with E-state index in [1.54, 1.807) is 0 Å². The highest BCUT2D eigenvalue weighted by Gasteiger charge is 2.54. The molecule has 6 heteroatoms. The Morgan fingerprint density at radius 2 is 1.81 bits per heavy atom. The van der Waals surface area contributed by atoms with Crippen molar-refractivity contribution < 1.29 is 18.0 Å². The lowest BCUT2D eigenvalue weighted by Crippen LogP contribution is -2.17. The normalized spacial score (nSPS) is 27.9. The molecule has 0 saturated heterocycles. The molecule has 2 fully saturated rings. The van der Waals surface area contributed by atoms with E-state index in [1.165, 1.54) is 6.07 Å². The summed E-state index contributed by atoms with van der Waals surface area (Å²) in [4.78, 5) is 12.2. The molecule has 2 aliphatic rings. The third-order valence-electron chi connectivity index (χ3n) is 4.60. The molecule has 114 valence electrons. The summed E-state index contributed by atoms with van der Waals surface area (Å²) in [6.07, 6.45) is 0.0410. The molecule has 1 aromatic carbocycles.